The molecule has 0 aromatic heterocycles. The average molecular weight is 158 g/mol. The molecular formula is C9H22Si. The smallest absolute Gasteiger partial charge is 0.0446 e. The van der Waals surface area contributed by atoms with Crippen LogP contribution < -0.4 is 0 Å². The van der Waals surface area contributed by atoms with Crippen LogP contribution in [0.2, 0.25) is 16.6 Å². The number of hydrogen-bond acceptors (Lipinski definition) is 0. The summed E-state index contributed by atoms with van der Waals surface area (Å²) < 4.78 is 0. The van der Waals surface area contributed by atoms with Crippen molar-refractivity contribution in [2.45, 2.75) is 58.2 Å². The van der Waals surface area contributed by atoms with Gasteiger partial charge in [-0.2, -0.15) is 0 Å². The molecule has 0 nitrogen and oxygen atoms in total. The Hall–Kier alpha value is 0.217. The van der Waals surface area contributed by atoms with E-state index in [2.05, 4.69) is 48.1 Å². The van der Waals surface area contributed by atoms with Gasteiger partial charge in [0.1, 0.15) is 0 Å². The summed E-state index contributed by atoms with van der Waals surface area (Å²) >= 11 is 0. The van der Waals surface area contributed by atoms with E-state index < -0.39 is 8.80 Å². The molecule has 0 radical (unpaired) electrons. The van der Waals surface area contributed by atoms with E-state index in [0.717, 1.165) is 0 Å². The van der Waals surface area contributed by atoms with Crippen molar-refractivity contribution in [3.05, 3.63) is 0 Å². The molecule has 0 aliphatic heterocycles. The second-order valence-corrected chi connectivity index (χ2v) is 10.4. The molecule has 0 N–H and O–H groups in total. The maximum atomic E-state index is 2.47. The highest BCUT2D eigenvalue weighted by Crippen LogP contribution is 2.41. The van der Waals surface area contributed by atoms with Crippen LogP contribution >= 0.6 is 0 Å². The Bertz CT molecular complexity index is 88.9. The summed E-state index contributed by atoms with van der Waals surface area (Å²) in [5.41, 5.74) is 0. The van der Waals surface area contributed by atoms with Crippen LogP contribution in [0.5, 0.6) is 0 Å². The van der Waals surface area contributed by atoms with Crippen LogP contribution in [0.3, 0.4) is 0 Å². The largest absolute Gasteiger partial charge is 0.0712 e. The van der Waals surface area contributed by atoms with Gasteiger partial charge in [0.05, 0.1) is 0 Å². The molecule has 0 aromatic rings. The first kappa shape index (κ1) is 10.2. The molecule has 1 heteroatoms. The molecule has 0 bridgehead atoms. The average Bonchev–Trinajstić information content (AvgIpc) is 1.59. The van der Waals surface area contributed by atoms with E-state index in [9.17, 15) is 0 Å². The molecule has 0 heterocycles. The van der Waals surface area contributed by atoms with Gasteiger partial charge in [-0.1, -0.05) is 48.1 Å². The molecule has 0 fully saturated rings. The van der Waals surface area contributed by atoms with Gasteiger partial charge in [-0.3, -0.25) is 0 Å². The quantitative estimate of drug-likeness (QED) is 0.474. The van der Waals surface area contributed by atoms with Crippen LogP contribution in [0.15, 0.2) is 0 Å². The van der Waals surface area contributed by atoms with Gasteiger partial charge in [-0.25, -0.2) is 0 Å². The van der Waals surface area contributed by atoms with Crippen LogP contribution in [0.25, 0.3) is 0 Å². The molecule has 0 aromatic carbocycles. The van der Waals surface area contributed by atoms with E-state index in [1.165, 1.54) is 0 Å². The minimum Gasteiger partial charge on any atom is -0.0712 e. The van der Waals surface area contributed by atoms with Crippen molar-refractivity contribution in [2.75, 3.05) is 0 Å². The Morgan fingerprint density at radius 1 is 0.700 bits per heavy atom. The van der Waals surface area contributed by atoms with Crippen LogP contribution in [-0.4, -0.2) is 8.80 Å². The second kappa shape index (κ2) is 2.69. The van der Waals surface area contributed by atoms with Gasteiger partial charge in [0, 0.05) is 8.80 Å². The molecule has 0 spiro atoms. The summed E-state index contributed by atoms with van der Waals surface area (Å²) in [6.45, 7) is 16.7. The van der Waals surface area contributed by atoms with Gasteiger partial charge in [0.15, 0.2) is 0 Å². The molecule has 0 atom stereocenters. The Morgan fingerprint density at radius 2 is 0.900 bits per heavy atom. The van der Waals surface area contributed by atoms with E-state index in [4.69, 9.17) is 0 Å². The van der Waals surface area contributed by atoms with Crippen LogP contribution in [0, 0.1) is 0 Å². The topological polar surface area (TPSA) is 0 Å². The standard InChI is InChI=1S/C9H22Si/c1-8(2,3)10(7)9(4,5)6/h10H,1-7H3. The van der Waals surface area contributed by atoms with Crippen molar-refractivity contribution in [3.63, 3.8) is 0 Å². The lowest BCUT2D eigenvalue weighted by Gasteiger charge is -2.36. The van der Waals surface area contributed by atoms with E-state index in [0.29, 0.717) is 10.1 Å². The van der Waals surface area contributed by atoms with Crippen LogP contribution in [0.4, 0.5) is 0 Å². The van der Waals surface area contributed by atoms with E-state index in [1.54, 1.807) is 0 Å². The SMILES string of the molecule is C[SiH](C(C)(C)C)C(C)(C)C. The lowest BCUT2D eigenvalue weighted by Crippen LogP contribution is -2.31. The maximum absolute atomic E-state index is 2.47. The third kappa shape index (κ3) is 2.87. The van der Waals surface area contributed by atoms with Crippen LogP contribution in [0.1, 0.15) is 41.5 Å². The molecule has 0 rings (SSSR count). The summed E-state index contributed by atoms with van der Waals surface area (Å²) in [4.78, 5) is 0. The minimum atomic E-state index is -0.579. The second-order valence-electron chi connectivity index (χ2n) is 5.45. The molecule has 0 aliphatic rings. The summed E-state index contributed by atoms with van der Waals surface area (Å²) in [5, 5.41) is 1.16. The van der Waals surface area contributed by atoms with E-state index in [-0.39, 0.29) is 0 Å². The predicted octanol–water partition coefficient (Wildman–Crippen LogP) is 3.44. The van der Waals surface area contributed by atoms with E-state index in [1.807, 2.05) is 0 Å². The lowest BCUT2D eigenvalue weighted by molar-refractivity contribution is 0.647. The summed E-state index contributed by atoms with van der Waals surface area (Å²) in [5.74, 6) is 0. The molecule has 0 amide bonds. The Balaban J connectivity index is 4.23. The number of hydrogen-bond donors (Lipinski definition) is 0. The van der Waals surface area contributed by atoms with Crippen molar-refractivity contribution < 1.29 is 0 Å². The highest BCUT2D eigenvalue weighted by atomic mass is 28.3. The Labute approximate surface area is 67.6 Å². The highest BCUT2D eigenvalue weighted by molar-refractivity contribution is 6.63. The minimum absolute atomic E-state index is 0.579. The molecule has 0 saturated heterocycles. The first-order chi connectivity index (χ1) is 4.15. The third-order valence-electron chi connectivity index (χ3n) is 2.60. The first-order valence-corrected chi connectivity index (χ1v) is 6.46. The van der Waals surface area contributed by atoms with Crippen molar-refractivity contribution in [1.29, 1.82) is 0 Å². The molecular weight excluding hydrogens is 136 g/mol. The monoisotopic (exact) mass is 158 g/mol. The van der Waals surface area contributed by atoms with Gasteiger partial charge < -0.3 is 0 Å². The molecule has 10 heavy (non-hydrogen) atoms. The summed E-state index contributed by atoms with van der Waals surface area (Å²) in [6, 6.07) is 0. The maximum Gasteiger partial charge on any atom is 0.0446 e. The van der Waals surface area contributed by atoms with Crippen molar-refractivity contribution >= 4 is 8.80 Å². The van der Waals surface area contributed by atoms with Gasteiger partial charge in [-0.05, 0) is 10.1 Å². The number of rotatable bonds is 0. The van der Waals surface area contributed by atoms with Crippen molar-refractivity contribution in [3.8, 4) is 0 Å². The fourth-order valence-corrected chi connectivity index (χ4v) is 3.90. The highest BCUT2D eigenvalue weighted by Gasteiger charge is 2.31. The molecule has 0 unspecified atom stereocenters. The van der Waals surface area contributed by atoms with Crippen LogP contribution in [-0.2, 0) is 0 Å². The Kier molecular flexibility index (Phi) is 2.75. The molecule has 62 valence electrons. The van der Waals surface area contributed by atoms with E-state index >= 15 is 0 Å². The predicted molar refractivity (Wildman–Crippen MR) is 52.4 cm³/mol. The zero-order valence-corrected chi connectivity index (χ0v) is 9.73. The van der Waals surface area contributed by atoms with Crippen molar-refractivity contribution in [1.82, 2.24) is 0 Å². The third-order valence-corrected chi connectivity index (χ3v) is 7.79. The van der Waals surface area contributed by atoms with Gasteiger partial charge >= 0.3 is 0 Å². The molecule has 0 saturated carbocycles. The normalized spacial score (nSPS) is 14.4. The van der Waals surface area contributed by atoms with Gasteiger partial charge in [0.2, 0.25) is 0 Å². The molecule has 0 aliphatic carbocycles. The lowest BCUT2D eigenvalue weighted by atomic mass is 10.2. The summed E-state index contributed by atoms with van der Waals surface area (Å²) in [7, 11) is -0.579. The van der Waals surface area contributed by atoms with Gasteiger partial charge in [-0.15, -0.1) is 0 Å². The fraction of sp³-hybridized carbons (Fsp3) is 1.00. The first-order valence-electron chi connectivity index (χ1n) is 4.15. The summed E-state index contributed by atoms with van der Waals surface area (Å²) in [6.07, 6.45) is 0. The van der Waals surface area contributed by atoms with Crippen molar-refractivity contribution in [2.24, 2.45) is 0 Å². The fourth-order valence-electron chi connectivity index (χ4n) is 1.30. The Morgan fingerprint density at radius 3 is 0.900 bits per heavy atom. The van der Waals surface area contributed by atoms with Gasteiger partial charge in [0.25, 0.3) is 0 Å². The zero-order valence-electron chi connectivity index (χ0n) is 8.58. The zero-order chi connectivity index (χ0) is 8.58.